The number of likely N-dealkylation sites (tertiary alicyclic amines) is 1. The summed E-state index contributed by atoms with van der Waals surface area (Å²) >= 11 is 1.72. The van der Waals surface area contributed by atoms with Gasteiger partial charge in [-0.05, 0) is 38.4 Å². The topological polar surface area (TPSA) is 71.3 Å². The highest BCUT2D eigenvalue weighted by atomic mass is 32.1. The molecular weight excluding hydrogens is 396 g/mol. The predicted molar refractivity (Wildman–Crippen MR) is 118 cm³/mol. The summed E-state index contributed by atoms with van der Waals surface area (Å²) in [5.41, 5.74) is 3.88. The molecule has 0 radical (unpaired) electrons. The van der Waals surface area contributed by atoms with E-state index in [1.54, 1.807) is 17.4 Å². The van der Waals surface area contributed by atoms with Crippen LogP contribution in [0.5, 0.6) is 0 Å². The van der Waals surface area contributed by atoms with Gasteiger partial charge in [-0.1, -0.05) is 47.1 Å². The normalized spacial score (nSPS) is 16.9. The molecule has 1 atom stereocenters. The van der Waals surface area contributed by atoms with E-state index in [1.807, 2.05) is 49.4 Å². The van der Waals surface area contributed by atoms with Crippen molar-refractivity contribution in [1.29, 1.82) is 0 Å². The number of rotatable bonds is 5. The number of aryl methyl sites for hydroxylation is 1. The van der Waals surface area contributed by atoms with E-state index in [2.05, 4.69) is 21.4 Å². The number of carbonyl (C=O) groups excluding carboxylic acids is 1. The zero-order chi connectivity index (χ0) is 20.5. The summed E-state index contributed by atoms with van der Waals surface area (Å²) in [6.45, 7) is 3.23. The van der Waals surface area contributed by atoms with E-state index in [0.29, 0.717) is 18.1 Å². The fraction of sp³-hybridized carbons (Fsp3) is 0.261. The van der Waals surface area contributed by atoms with Crippen molar-refractivity contribution in [2.45, 2.75) is 25.8 Å². The molecular formula is C23H22N4O2S. The Bertz CT molecular complexity index is 1150. The summed E-state index contributed by atoms with van der Waals surface area (Å²) in [6, 6.07) is 18.2. The molecule has 0 aliphatic carbocycles. The maximum absolute atomic E-state index is 12.7. The standard InChI is InChI=1S/C23H22N4O2S/c1-15-8-10-16(11-9-15)18-13-22(29-26-18)25-21(28)14-27-12-4-6-19(27)23-24-17-5-2-3-7-20(17)30-23/h2-3,5,7-11,13,19H,4,6,12,14H2,1H3,(H,25,28)/t19-/m1/s1. The molecule has 1 aliphatic rings. The zero-order valence-electron chi connectivity index (χ0n) is 16.7. The van der Waals surface area contributed by atoms with Gasteiger partial charge in [0.05, 0.1) is 22.8 Å². The molecule has 4 aromatic rings. The van der Waals surface area contributed by atoms with Crippen LogP contribution in [0.25, 0.3) is 21.5 Å². The number of carbonyl (C=O) groups is 1. The summed E-state index contributed by atoms with van der Waals surface area (Å²) in [7, 11) is 0. The van der Waals surface area contributed by atoms with Crippen LogP contribution in [0.1, 0.15) is 29.5 Å². The van der Waals surface area contributed by atoms with Crippen LogP contribution in [0, 0.1) is 6.92 Å². The second-order valence-corrected chi connectivity index (χ2v) is 8.70. The van der Waals surface area contributed by atoms with E-state index >= 15 is 0 Å². The Morgan fingerprint density at radius 1 is 1.23 bits per heavy atom. The van der Waals surface area contributed by atoms with Crippen LogP contribution in [0.2, 0.25) is 0 Å². The van der Waals surface area contributed by atoms with Crippen molar-refractivity contribution in [1.82, 2.24) is 15.0 Å². The summed E-state index contributed by atoms with van der Waals surface area (Å²) in [5.74, 6) is 0.265. The van der Waals surface area contributed by atoms with Gasteiger partial charge in [0, 0.05) is 11.6 Å². The molecule has 5 rings (SSSR count). The third kappa shape index (κ3) is 3.86. The fourth-order valence-electron chi connectivity index (χ4n) is 3.88. The van der Waals surface area contributed by atoms with E-state index in [9.17, 15) is 4.79 Å². The molecule has 2 aromatic carbocycles. The Labute approximate surface area is 178 Å². The molecule has 0 spiro atoms. The Morgan fingerprint density at radius 3 is 2.90 bits per heavy atom. The lowest BCUT2D eigenvalue weighted by molar-refractivity contribution is -0.117. The van der Waals surface area contributed by atoms with Crippen molar-refractivity contribution in [3.8, 4) is 11.3 Å². The minimum absolute atomic E-state index is 0.102. The first kappa shape index (κ1) is 19.0. The van der Waals surface area contributed by atoms with E-state index in [-0.39, 0.29) is 11.9 Å². The second kappa shape index (κ2) is 8.01. The number of nitrogens with zero attached hydrogens (tertiary/aromatic N) is 3. The lowest BCUT2D eigenvalue weighted by atomic mass is 10.1. The summed E-state index contributed by atoms with van der Waals surface area (Å²) < 4.78 is 6.51. The monoisotopic (exact) mass is 418 g/mol. The SMILES string of the molecule is Cc1ccc(-c2cc(NC(=O)CN3CCC[C@@H]3c3nc4ccccc4s3)on2)cc1. The van der Waals surface area contributed by atoms with E-state index in [0.717, 1.165) is 35.5 Å². The number of hydrogen-bond acceptors (Lipinski definition) is 6. The molecule has 152 valence electrons. The Hall–Kier alpha value is -3.03. The highest BCUT2D eigenvalue weighted by Crippen LogP contribution is 2.36. The summed E-state index contributed by atoms with van der Waals surface area (Å²) in [4.78, 5) is 19.6. The highest BCUT2D eigenvalue weighted by Gasteiger charge is 2.30. The number of thiazole rings is 1. The number of fused-ring (bicyclic) bond motifs is 1. The molecule has 7 heteroatoms. The fourth-order valence-corrected chi connectivity index (χ4v) is 5.02. The van der Waals surface area contributed by atoms with Gasteiger partial charge in [-0.25, -0.2) is 4.98 Å². The van der Waals surface area contributed by atoms with Crippen molar-refractivity contribution in [2.24, 2.45) is 0 Å². The summed E-state index contributed by atoms with van der Waals surface area (Å²) in [6.07, 6.45) is 2.08. The van der Waals surface area contributed by atoms with Crippen LogP contribution < -0.4 is 5.32 Å². The van der Waals surface area contributed by atoms with Crippen molar-refractivity contribution in [2.75, 3.05) is 18.4 Å². The molecule has 6 nitrogen and oxygen atoms in total. The third-order valence-electron chi connectivity index (χ3n) is 5.43. The Morgan fingerprint density at radius 2 is 2.07 bits per heavy atom. The van der Waals surface area contributed by atoms with E-state index in [1.165, 1.54) is 10.3 Å². The van der Waals surface area contributed by atoms with Crippen LogP contribution >= 0.6 is 11.3 Å². The molecule has 1 fully saturated rings. The zero-order valence-corrected chi connectivity index (χ0v) is 17.5. The number of hydrogen-bond donors (Lipinski definition) is 1. The minimum Gasteiger partial charge on any atom is -0.338 e. The predicted octanol–water partition coefficient (Wildman–Crippen LogP) is 5.04. The number of aromatic nitrogens is 2. The first-order chi connectivity index (χ1) is 14.7. The Balaban J connectivity index is 1.25. The van der Waals surface area contributed by atoms with Gasteiger partial charge < -0.3 is 4.52 Å². The van der Waals surface area contributed by atoms with Gasteiger partial charge in [0.25, 0.3) is 0 Å². The molecule has 0 unspecified atom stereocenters. The van der Waals surface area contributed by atoms with Gasteiger partial charge in [-0.15, -0.1) is 11.3 Å². The van der Waals surface area contributed by atoms with Crippen LogP contribution in [-0.4, -0.2) is 34.0 Å². The lowest BCUT2D eigenvalue weighted by Gasteiger charge is -2.21. The maximum Gasteiger partial charge on any atom is 0.240 e. The van der Waals surface area contributed by atoms with E-state index in [4.69, 9.17) is 9.51 Å². The quantitative estimate of drug-likeness (QED) is 0.492. The number of amides is 1. The molecule has 2 aromatic heterocycles. The van der Waals surface area contributed by atoms with Gasteiger partial charge in [0.1, 0.15) is 10.7 Å². The van der Waals surface area contributed by atoms with Gasteiger partial charge in [-0.3, -0.25) is 15.0 Å². The molecule has 0 bridgehead atoms. The average Bonchev–Trinajstić information content (AvgIpc) is 3.47. The second-order valence-electron chi connectivity index (χ2n) is 7.64. The molecule has 0 saturated carbocycles. The first-order valence-electron chi connectivity index (χ1n) is 10.1. The smallest absolute Gasteiger partial charge is 0.240 e. The van der Waals surface area contributed by atoms with Crippen molar-refractivity contribution >= 4 is 33.3 Å². The molecule has 1 N–H and O–H groups in total. The molecule has 1 amide bonds. The number of benzene rings is 2. The van der Waals surface area contributed by atoms with Crippen LogP contribution in [0.4, 0.5) is 5.88 Å². The minimum atomic E-state index is -0.102. The molecule has 1 saturated heterocycles. The Kier molecular flexibility index (Phi) is 5.06. The van der Waals surface area contributed by atoms with Crippen molar-refractivity contribution in [3.05, 3.63) is 65.2 Å². The van der Waals surface area contributed by atoms with Crippen molar-refractivity contribution in [3.63, 3.8) is 0 Å². The van der Waals surface area contributed by atoms with Gasteiger partial charge >= 0.3 is 0 Å². The molecule has 30 heavy (non-hydrogen) atoms. The van der Waals surface area contributed by atoms with E-state index < -0.39 is 0 Å². The lowest BCUT2D eigenvalue weighted by Crippen LogP contribution is -2.32. The van der Waals surface area contributed by atoms with Crippen LogP contribution in [-0.2, 0) is 4.79 Å². The third-order valence-corrected chi connectivity index (χ3v) is 6.56. The molecule has 3 heterocycles. The van der Waals surface area contributed by atoms with Crippen molar-refractivity contribution < 1.29 is 9.32 Å². The highest BCUT2D eigenvalue weighted by molar-refractivity contribution is 7.18. The average molecular weight is 419 g/mol. The number of para-hydroxylation sites is 1. The first-order valence-corrected chi connectivity index (χ1v) is 10.9. The maximum atomic E-state index is 12.7. The number of anilines is 1. The summed E-state index contributed by atoms with van der Waals surface area (Å²) in [5, 5.41) is 8.00. The van der Waals surface area contributed by atoms with Crippen LogP contribution in [0.15, 0.2) is 59.1 Å². The van der Waals surface area contributed by atoms with Gasteiger partial charge in [-0.2, -0.15) is 0 Å². The van der Waals surface area contributed by atoms with Gasteiger partial charge in [0.2, 0.25) is 11.8 Å². The molecule has 1 aliphatic heterocycles. The number of nitrogens with one attached hydrogen (secondary N) is 1. The largest absolute Gasteiger partial charge is 0.338 e. The van der Waals surface area contributed by atoms with Gasteiger partial charge in [0.15, 0.2) is 0 Å². The van der Waals surface area contributed by atoms with Crippen LogP contribution in [0.3, 0.4) is 0 Å².